The lowest BCUT2D eigenvalue weighted by Gasteiger charge is -2.26. The molecule has 1 unspecified atom stereocenters. The van der Waals surface area contributed by atoms with Crippen LogP contribution >= 0.6 is 12.4 Å². The highest BCUT2D eigenvalue weighted by Crippen LogP contribution is 2.23. The minimum absolute atomic E-state index is 0. The number of amides is 1. The third-order valence-electron chi connectivity index (χ3n) is 4.73. The van der Waals surface area contributed by atoms with Crippen LogP contribution in [0.25, 0.3) is 22.6 Å². The number of rotatable bonds is 4. The molecule has 0 bridgehead atoms. The highest BCUT2D eigenvalue weighted by atomic mass is 35.5. The SMILES string of the molecule is Cl.NC(C(=O)Nc1ccc2nc(-c3ccccn3)[nH]c2c1)C1CCOCC1. The van der Waals surface area contributed by atoms with Crippen LogP contribution in [0.15, 0.2) is 42.6 Å². The number of nitrogens with two attached hydrogens (primary N) is 1. The van der Waals surface area contributed by atoms with Gasteiger partial charge in [0.05, 0.1) is 17.1 Å². The molecule has 8 heteroatoms. The van der Waals surface area contributed by atoms with Gasteiger partial charge in [0.25, 0.3) is 0 Å². The van der Waals surface area contributed by atoms with Crippen LogP contribution in [0.3, 0.4) is 0 Å². The van der Waals surface area contributed by atoms with Crippen molar-refractivity contribution < 1.29 is 9.53 Å². The number of nitrogens with one attached hydrogen (secondary N) is 2. The van der Waals surface area contributed by atoms with Crippen LogP contribution in [0.5, 0.6) is 0 Å². The van der Waals surface area contributed by atoms with Crippen molar-refractivity contribution >= 4 is 35.0 Å². The molecule has 1 aromatic carbocycles. The van der Waals surface area contributed by atoms with Gasteiger partial charge in [0.15, 0.2) is 5.82 Å². The van der Waals surface area contributed by atoms with Gasteiger partial charge < -0.3 is 20.8 Å². The Kier molecular flexibility index (Phi) is 6.05. The molecule has 1 saturated heterocycles. The van der Waals surface area contributed by atoms with Crippen LogP contribution in [0, 0.1) is 5.92 Å². The Morgan fingerprint density at radius 1 is 1.26 bits per heavy atom. The Labute approximate surface area is 163 Å². The molecule has 0 radical (unpaired) electrons. The summed E-state index contributed by atoms with van der Waals surface area (Å²) in [5.74, 6) is 0.694. The molecular weight excluding hydrogens is 366 g/mol. The number of hydrogen-bond donors (Lipinski definition) is 3. The largest absolute Gasteiger partial charge is 0.381 e. The number of aromatic nitrogens is 3. The van der Waals surface area contributed by atoms with E-state index in [-0.39, 0.29) is 24.2 Å². The van der Waals surface area contributed by atoms with E-state index in [4.69, 9.17) is 10.5 Å². The van der Waals surface area contributed by atoms with Gasteiger partial charge in [-0.05, 0) is 49.1 Å². The van der Waals surface area contributed by atoms with Crippen molar-refractivity contribution in [2.75, 3.05) is 18.5 Å². The summed E-state index contributed by atoms with van der Waals surface area (Å²) in [4.78, 5) is 24.5. The van der Waals surface area contributed by atoms with Gasteiger partial charge in [-0.3, -0.25) is 9.78 Å². The molecule has 1 atom stereocenters. The average molecular weight is 388 g/mol. The molecule has 7 nitrogen and oxygen atoms in total. The quantitative estimate of drug-likeness (QED) is 0.638. The molecule has 4 N–H and O–H groups in total. The first-order chi connectivity index (χ1) is 12.7. The summed E-state index contributed by atoms with van der Waals surface area (Å²) in [7, 11) is 0. The highest BCUT2D eigenvalue weighted by Gasteiger charge is 2.26. The Morgan fingerprint density at radius 2 is 2.07 bits per heavy atom. The number of benzene rings is 1. The summed E-state index contributed by atoms with van der Waals surface area (Å²) in [6.07, 6.45) is 3.37. The van der Waals surface area contributed by atoms with Gasteiger partial charge in [0.2, 0.25) is 5.91 Å². The summed E-state index contributed by atoms with van der Waals surface area (Å²) in [5, 5.41) is 2.91. The van der Waals surface area contributed by atoms with E-state index in [1.54, 1.807) is 6.20 Å². The fourth-order valence-corrected chi connectivity index (χ4v) is 3.23. The molecule has 3 aromatic rings. The summed E-state index contributed by atoms with van der Waals surface area (Å²) in [5.41, 5.74) is 9.26. The number of hydrogen-bond acceptors (Lipinski definition) is 5. The highest BCUT2D eigenvalue weighted by molar-refractivity contribution is 5.96. The zero-order valence-corrected chi connectivity index (χ0v) is 15.5. The third-order valence-corrected chi connectivity index (χ3v) is 4.73. The number of carbonyl (C=O) groups is 1. The zero-order valence-electron chi connectivity index (χ0n) is 14.7. The second-order valence-electron chi connectivity index (χ2n) is 6.50. The normalized spacial score (nSPS) is 15.9. The van der Waals surface area contributed by atoms with Crippen LogP contribution in [0.4, 0.5) is 5.69 Å². The van der Waals surface area contributed by atoms with E-state index >= 15 is 0 Å². The fourth-order valence-electron chi connectivity index (χ4n) is 3.23. The third kappa shape index (κ3) is 4.27. The molecule has 1 aliphatic rings. The van der Waals surface area contributed by atoms with Gasteiger partial charge in [-0.2, -0.15) is 0 Å². The lowest BCUT2D eigenvalue weighted by atomic mass is 9.92. The summed E-state index contributed by atoms with van der Waals surface area (Å²) >= 11 is 0. The lowest BCUT2D eigenvalue weighted by Crippen LogP contribution is -2.43. The van der Waals surface area contributed by atoms with Gasteiger partial charge in [0, 0.05) is 25.1 Å². The van der Waals surface area contributed by atoms with Gasteiger partial charge in [-0.15, -0.1) is 12.4 Å². The number of anilines is 1. The molecule has 1 amide bonds. The molecule has 0 aliphatic carbocycles. The van der Waals surface area contributed by atoms with Crippen LogP contribution < -0.4 is 11.1 Å². The molecular formula is C19H22ClN5O2. The first kappa shape index (κ1) is 19.3. The Hall–Kier alpha value is -2.48. The monoisotopic (exact) mass is 387 g/mol. The van der Waals surface area contributed by atoms with E-state index in [0.717, 1.165) is 29.6 Å². The molecule has 27 heavy (non-hydrogen) atoms. The summed E-state index contributed by atoms with van der Waals surface area (Å²) in [6, 6.07) is 10.7. The second kappa shape index (κ2) is 8.47. The maximum absolute atomic E-state index is 12.5. The number of fused-ring (bicyclic) bond motifs is 1. The van der Waals surface area contributed by atoms with Gasteiger partial charge >= 0.3 is 0 Å². The van der Waals surface area contributed by atoms with Crippen LogP contribution in [-0.2, 0) is 9.53 Å². The predicted molar refractivity (Wildman–Crippen MR) is 107 cm³/mol. The predicted octanol–water partition coefficient (Wildman–Crippen LogP) is 2.74. The standard InChI is InChI=1S/C19H21N5O2.ClH/c20-17(12-6-9-26-10-7-12)19(25)22-13-4-5-14-16(11-13)24-18(23-14)15-3-1-2-8-21-15;/h1-5,8,11-12,17H,6-7,9-10,20H2,(H,22,25)(H,23,24);1H. The maximum Gasteiger partial charge on any atom is 0.241 e. The molecule has 2 aromatic heterocycles. The first-order valence-corrected chi connectivity index (χ1v) is 8.76. The molecule has 0 saturated carbocycles. The van der Waals surface area contributed by atoms with Gasteiger partial charge in [-0.1, -0.05) is 6.07 Å². The smallest absolute Gasteiger partial charge is 0.241 e. The van der Waals surface area contributed by atoms with E-state index < -0.39 is 6.04 Å². The zero-order chi connectivity index (χ0) is 17.9. The van der Waals surface area contributed by atoms with Crippen molar-refractivity contribution in [3.05, 3.63) is 42.6 Å². The van der Waals surface area contributed by atoms with Crippen LogP contribution in [0.2, 0.25) is 0 Å². The fraction of sp³-hybridized carbons (Fsp3) is 0.316. The number of ether oxygens (including phenoxy) is 1. The van der Waals surface area contributed by atoms with E-state index in [1.807, 2.05) is 36.4 Å². The number of pyridine rings is 1. The molecule has 3 heterocycles. The van der Waals surface area contributed by atoms with E-state index in [9.17, 15) is 4.79 Å². The first-order valence-electron chi connectivity index (χ1n) is 8.76. The Balaban J connectivity index is 0.00000210. The number of nitrogens with zero attached hydrogens (tertiary/aromatic N) is 2. The topological polar surface area (TPSA) is 106 Å². The number of H-pyrrole nitrogens is 1. The van der Waals surface area contributed by atoms with Crippen LogP contribution in [0.1, 0.15) is 12.8 Å². The van der Waals surface area contributed by atoms with Crippen molar-refractivity contribution in [3.63, 3.8) is 0 Å². The van der Waals surface area contributed by atoms with Crippen molar-refractivity contribution in [1.29, 1.82) is 0 Å². The van der Waals surface area contributed by atoms with Gasteiger partial charge in [0.1, 0.15) is 5.69 Å². The minimum Gasteiger partial charge on any atom is -0.381 e. The Bertz CT molecular complexity index is 909. The lowest BCUT2D eigenvalue weighted by molar-refractivity contribution is -0.119. The number of imidazole rings is 1. The molecule has 4 rings (SSSR count). The van der Waals surface area contributed by atoms with E-state index in [0.29, 0.717) is 24.7 Å². The summed E-state index contributed by atoms with van der Waals surface area (Å²) < 4.78 is 5.33. The number of halogens is 1. The van der Waals surface area contributed by atoms with Crippen molar-refractivity contribution in [2.45, 2.75) is 18.9 Å². The maximum atomic E-state index is 12.5. The number of carbonyl (C=O) groups excluding carboxylic acids is 1. The van der Waals surface area contributed by atoms with E-state index in [2.05, 4.69) is 20.3 Å². The van der Waals surface area contributed by atoms with Crippen molar-refractivity contribution in [2.24, 2.45) is 11.7 Å². The number of aromatic amines is 1. The van der Waals surface area contributed by atoms with Crippen molar-refractivity contribution in [1.82, 2.24) is 15.0 Å². The minimum atomic E-state index is -0.527. The molecule has 0 spiro atoms. The van der Waals surface area contributed by atoms with Gasteiger partial charge in [-0.25, -0.2) is 4.98 Å². The molecule has 142 valence electrons. The Morgan fingerprint density at radius 3 is 2.81 bits per heavy atom. The van der Waals surface area contributed by atoms with Crippen molar-refractivity contribution in [3.8, 4) is 11.5 Å². The molecule has 1 aliphatic heterocycles. The van der Waals surface area contributed by atoms with Crippen LogP contribution in [-0.4, -0.2) is 40.1 Å². The summed E-state index contributed by atoms with van der Waals surface area (Å²) in [6.45, 7) is 1.34. The molecule has 1 fully saturated rings. The van der Waals surface area contributed by atoms with E-state index in [1.165, 1.54) is 0 Å². The average Bonchev–Trinajstić information content (AvgIpc) is 3.12. The second-order valence-corrected chi connectivity index (χ2v) is 6.50.